The fourth-order valence-corrected chi connectivity index (χ4v) is 7.21. The summed E-state index contributed by atoms with van der Waals surface area (Å²) in [4.78, 5) is 31.1. The number of para-hydroxylation sites is 1. The zero-order valence-corrected chi connectivity index (χ0v) is 26.5. The van der Waals surface area contributed by atoms with Gasteiger partial charge < -0.3 is 24.3 Å². The number of fused-ring (bicyclic) bond motifs is 1. The van der Waals surface area contributed by atoms with Gasteiger partial charge in [-0.2, -0.15) is 0 Å². The van der Waals surface area contributed by atoms with Gasteiger partial charge in [-0.15, -0.1) is 0 Å². The number of hydrogen-bond donors (Lipinski definition) is 1. The van der Waals surface area contributed by atoms with E-state index >= 15 is 4.39 Å². The van der Waals surface area contributed by atoms with Crippen molar-refractivity contribution in [3.63, 3.8) is 0 Å². The number of ether oxygens (including phenoxy) is 2. The van der Waals surface area contributed by atoms with Gasteiger partial charge in [0.15, 0.2) is 0 Å². The molecule has 1 aliphatic carbocycles. The van der Waals surface area contributed by atoms with Crippen LogP contribution in [0.2, 0.25) is 5.02 Å². The van der Waals surface area contributed by atoms with E-state index in [0.717, 1.165) is 49.2 Å². The summed E-state index contributed by atoms with van der Waals surface area (Å²) < 4.78 is 29.1. The molecule has 44 heavy (non-hydrogen) atoms. The normalized spacial score (nSPS) is 24.5. The SMILES string of the molecule is COC1CN([C@H]2C[C@@H](COC3CCC(C)CC3)N(C(=O)Cc3cc(Cl)c(NC(=O)c4cn(C)c5ccccc45)cc3F)C2)C1. The first-order valence-electron chi connectivity index (χ1n) is 15.7. The van der Waals surface area contributed by atoms with Crippen LogP contribution in [0.5, 0.6) is 0 Å². The van der Waals surface area contributed by atoms with Crippen molar-refractivity contribution in [3.05, 3.63) is 64.6 Å². The maximum Gasteiger partial charge on any atom is 0.257 e. The number of rotatable bonds is 9. The molecule has 10 heteroatoms. The van der Waals surface area contributed by atoms with Crippen LogP contribution >= 0.6 is 11.6 Å². The summed E-state index contributed by atoms with van der Waals surface area (Å²) in [7, 11) is 3.60. The Labute approximate surface area is 263 Å². The Hall–Kier alpha value is -2.98. The number of hydrogen-bond acceptors (Lipinski definition) is 5. The number of carbonyl (C=O) groups is 2. The number of nitrogens with one attached hydrogen (secondary N) is 1. The van der Waals surface area contributed by atoms with Gasteiger partial charge in [-0.3, -0.25) is 14.5 Å². The van der Waals surface area contributed by atoms with Crippen LogP contribution in [0.4, 0.5) is 10.1 Å². The largest absolute Gasteiger partial charge is 0.379 e. The molecule has 0 spiro atoms. The minimum Gasteiger partial charge on any atom is -0.379 e. The molecule has 2 aliphatic heterocycles. The molecular weight excluding hydrogens is 583 g/mol. The molecule has 1 N–H and O–H groups in total. The van der Waals surface area contributed by atoms with Gasteiger partial charge in [-0.05, 0) is 61.8 Å². The first-order valence-corrected chi connectivity index (χ1v) is 16.1. The molecular formula is C34H42ClFN4O4. The Morgan fingerprint density at radius 3 is 2.57 bits per heavy atom. The Morgan fingerprint density at radius 2 is 1.82 bits per heavy atom. The van der Waals surface area contributed by atoms with Crippen molar-refractivity contribution in [2.75, 3.05) is 38.7 Å². The molecule has 6 rings (SSSR count). The number of methoxy groups -OCH3 is 1. The van der Waals surface area contributed by atoms with Gasteiger partial charge in [0.1, 0.15) is 5.82 Å². The molecule has 0 unspecified atom stereocenters. The van der Waals surface area contributed by atoms with Gasteiger partial charge in [0.2, 0.25) is 5.91 Å². The van der Waals surface area contributed by atoms with Gasteiger partial charge >= 0.3 is 0 Å². The van der Waals surface area contributed by atoms with Gasteiger partial charge in [-0.1, -0.05) is 36.7 Å². The van der Waals surface area contributed by atoms with Crippen molar-refractivity contribution in [2.24, 2.45) is 13.0 Å². The Kier molecular flexibility index (Phi) is 9.29. The lowest BCUT2D eigenvalue weighted by atomic mass is 9.89. The zero-order chi connectivity index (χ0) is 31.0. The molecule has 3 heterocycles. The van der Waals surface area contributed by atoms with Crippen LogP contribution in [0, 0.1) is 11.7 Å². The van der Waals surface area contributed by atoms with Crippen molar-refractivity contribution >= 4 is 40.0 Å². The van der Waals surface area contributed by atoms with Crippen molar-refractivity contribution in [1.29, 1.82) is 0 Å². The van der Waals surface area contributed by atoms with E-state index in [0.29, 0.717) is 18.7 Å². The third kappa shape index (κ3) is 6.52. The summed E-state index contributed by atoms with van der Waals surface area (Å²) in [6.45, 7) is 5.07. The highest BCUT2D eigenvalue weighted by molar-refractivity contribution is 6.34. The number of aryl methyl sites for hydroxylation is 1. The van der Waals surface area contributed by atoms with Crippen LogP contribution in [0.1, 0.15) is 54.9 Å². The number of likely N-dealkylation sites (tertiary alicyclic amines) is 2. The topological polar surface area (TPSA) is 76.0 Å². The lowest BCUT2D eigenvalue weighted by Gasteiger charge is -2.42. The predicted octanol–water partition coefficient (Wildman–Crippen LogP) is 5.66. The highest BCUT2D eigenvalue weighted by Crippen LogP contribution is 2.32. The van der Waals surface area contributed by atoms with Crippen LogP contribution < -0.4 is 5.32 Å². The molecule has 2 saturated heterocycles. The van der Waals surface area contributed by atoms with Gasteiger partial charge in [0, 0.05) is 56.9 Å². The van der Waals surface area contributed by atoms with Crippen LogP contribution in [-0.2, 0) is 27.7 Å². The zero-order valence-electron chi connectivity index (χ0n) is 25.7. The van der Waals surface area contributed by atoms with Crippen LogP contribution in [0.15, 0.2) is 42.6 Å². The molecule has 1 aromatic heterocycles. The average molecular weight is 625 g/mol. The fraction of sp³-hybridized carbons (Fsp3) is 0.529. The maximum absolute atomic E-state index is 15.4. The van der Waals surface area contributed by atoms with Crippen LogP contribution in [-0.4, -0.2) is 83.8 Å². The summed E-state index contributed by atoms with van der Waals surface area (Å²) in [6, 6.07) is 10.4. The lowest BCUT2D eigenvalue weighted by molar-refractivity contribution is -0.133. The molecule has 3 aromatic rings. The molecule has 0 radical (unpaired) electrons. The van der Waals surface area contributed by atoms with E-state index in [4.69, 9.17) is 21.1 Å². The lowest BCUT2D eigenvalue weighted by Crippen LogP contribution is -2.56. The Balaban J connectivity index is 1.13. The summed E-state index contributed by atoms with van der Waals surface area (Å²) >= 11 is 6.54. The summed E-state index contributed by atoms with van der Waals surface area (Å²) in [5.74, 6) is -0.373. The molecule has 3 aliphatic rings. The van der Waals surface area contributed by atoms with E-state index in [1.165, 1.54) is 25.0 Å². The second kappa shape index (κ2) is 13.2. The first-order chi connectivity index (χ1) is 21.2. The molecule has 2 amide bonds. The second-order valence-electron chi connectivity index (χ2n) is 12.8. The minimum absolute atomic E-state index is 0.0637. The quantitative estimate of drug-likeness (QED) is 0.333. The number of carbonyl (C=O) groups excluding carboxylic acids is 2. The molecule has 2 atom stereocenters. The molecule has 0 bridgehead atoms. The summed E-state index contributed by atoms with van der Waals surface area (Å²) in [5.41, 5.74) is 1.75. The van der Waals surface area contributed by atoms with E-state index in [1.54, 1.807) is 13.3 Å². The maximum atomic E-state index is 15.4. The number of halogens is 2. The predicted molar refractivity (Wildman–Crippen MR) is 170 cm³/mol. The average Bonchev–Trinajstić information content (AvgIpc) is 3.56. The van der Waals surface area contributed by atoms with E-state index in [-0.39, 0.29) is 58.8 Å². The molecule has 3 fully saturated rings. The number of amides is 2. The van der Waals surface area contributed by atoms with Gasteiger partial charge in [0.05, 0.1) is 47.6 Å². The minimum atomic E-state index is -0.582. The van der Waals surface area contributed by atoms with Crippen molar-refractivity contribution < 1.29 is 23.5 Å². The first kappa shape index (κ1) is 31.0. The number of anilines is 1. The molecule has 1 saturated carbocycles. The van der Waals surface area contributed by atoms with Crippen LogP contribution in [0.3, 0.4) is 0 Å². The monoisotopic (exact) mass is 624 g/mol. The van der Waals surface area contributed by atoms with E-state index in [9.17, 15) is 9.59 Å². The van der Waals surface area contributed by atoms with E-state index in [1.807, 2.05) is 40.8 Å². The number of benzene rings is 2. The van der Waals surface area contributed by atoms with Crippen LogP contribution in [0.25, 0.3) is 10.9 Å². The van der Waals surface area contributed by atoms with E-state index < -0.39 is 5.82 Å². The Bertz CT molecular complexity index is 1510. The molecule has 236 valence electrons. The fourth-order valence-electron chi connectivity index (χ4n) is 6.98. The summed E-state index contributed by atoms with van der Waals surface area (Å²) in [6.07, 6.45) is 7.37. The Morgan fingerprint density at radius 1 is 1.07 bits per heavy atom. The molecule has 8 nitrogen and oxygen atoms in total. The van der Waals surface area contributed by atoms with Gasteiger partial charge in [0.25, 0.3) is 5.91 Å². The third-order valence-corrected chi connectivity index (χ3v) is 10.1. The standard InChI is InChI=1S/C34H42ClFN4O4/c1-21-8-10-25(11-9-21)44-20-24-14-23(39-17-26(18-39)43-3)16-40(24)33(41)13-22-12-29(35)31(15-30(22)36)37-34(42)28-19-38(2)32-7-5-4-6-27(28)32/h4-7,12,15,19,21,23-26H,8-11,13-14,16-18,20H2,1-3H3,(H,37,42)/t21?,23-,24-,25?/m0/s1. The van der Waals surface area contributed by atoms with E-state index in [2.05, 4.69) is 17.1 Å². The smallest absolute Gasteiger partial charge is 0.257 e. The molecule has 2 aromatic carbocycles. The highest BCUT2D eigenvalue weighted by Gasteiger charge is 2.42. The second-order valence-corrected chi connectivity index (χ2v) is 13.2. The van der Waals surface area contributed by atoms with Crippen molar-refractivity contribution in [2.45, 2.75) is 69.7 Å². The highest BCUT2D eigenvalue weighted by atomic mass is 35.5. The van der Waals surface area contributed by atoms with Crippen molar-refractivity contribution in [3.8, 4) is 0 Å². The number of nitrogens with zero attached hydrogens (tertiary/aromatic N) is 3. The van der Waals surface area contributed by atoms with Crippen molar-refractivity contribution in [1.82, 2.24) is 14.4 Å². The third-order valence-electron chi connectivity index (χ3n) is 9.79. The van der Waals surface area contributed by atoms with Gasteiger partial charge in [-0.25, -0.2) is 4.39 Å². The summed E-state index contributed by atoms with van der Waals surface area (Å²) in [5, 5.41) is 3.73. The number of aromatic nitrogens is 1.